The summed E-state index contributed by atoms with van der Waals surface area (Å²) in [5, 5.41) is 1.50. The lowest BCUT2D eigenvalue weighted by Gasteiger charge is -1.88. The predicted molar refractivity (Wildman–Crippen MR) is 50.0 cm³/mol. The van der Waals surface area contributed by atoms with Gasteiger partial charge in [-0.1, -0.05) is 11.6 Å². The zero-order valence-corrected chi connectivity index (χ0v) is 7.52. The summed E-state index contributed by atoms with van der Waals surface area (Å²) >= 11 is 7.25. The number of fused-ring (bicyclic) bond motifs is 1. The first-order valence-electron chi connectivity index (χ1n) is 3.29. The van der Waals surface area contributed by atoms with Crippen molar-refractivity contribution in [3.8, 4) is 0 Å². The van der Waals surface area contributed by atoms with Gasteiger partial charge in [0.05, 0.1) is 14.6 Å². The number of carbonyl (C=O) groups is 1. The molecular weight excluding hydrogens is 194 g/mol. The van der Waals surface area contributed by atoms with Crippen molar-refractivity contribution in [2.75, 3.05) is 0 Å². The van der Waals surface area contributed by atoms with Crippen LogP contribution in [-0.2, 0) is 0 Å². The van der Waals surface area contributed by atoms with Gasteiger partial charge in [-0.2, -0.15) is 0 Å². The van der Waals surface area contributed by atoms with Crippen molar-refractivity contribution in [3.63, 3.8) is 0 Å². The number of nitrogens with zero attached hydrogens (tertiary/aromatic N) is 1. The molecule has 0 radical (unpaired) electrons. The molecule has 0 aliphatic carbocycles. The summed E-state index contributed by atoms with van der Waals surface area (Å²) in [4.78, 5) is 15.0. The molecule has 0 aliphatic rings. The quantitative estimate of drug-likeness (QED) is 0.658. The van der Waals surface area contributed by atoms with E-state index in [1.54, 1.807) is 18.5 Å². The second-order valence-electron chi connectivity index (χ2n) is 2.30. The largest absolute Gasteiger partial charge is 0.297 e. The van der Waals surface area contributed by atoms with Gasteiger partial charge in [0.15, 0.2) is 6.29 Å². The van der Waals surface area contributed by atoms with E-state index in [-0.39, 0.29) is 0 Å². The smallest absolute Gasteiger partial charge is 0.160 e. The Morgan fingerprint density at radius 3 is 3.00 bits per heavy atom. The van der Waals surface area contributed by atoms with Crippen LogP contribution in [-0.4, -0.2) is 11.3 Å². The zero-order valence-electron chi connectivity index (χ0n) is 5.95. The third kappa shape index (κ3) is 1.11. The van der Waals surface area contributed by atoms with E-state index in [2.05, 4.69) is 4.98 Å². The van der Waals surface area contributed by atoms with Gasteiger partial charge in [-0.25, -0.2) is 0 Å². The molecule has 0 unspecified atom stereocenters. The summed E-state index contributed by atoms with van der Waals surface area (Å²) in [7, 11) is 0. The van der Waals surface area contributed by atoms with Crippen LogP contribution in [0.4, 0.5) is 0 Å². The molecule has 0 bridgehead atoms. The number of rotatable bonds is 1. The molecule has 2 aromatic rings. The molecule has 0 atom stereocenters. The van der Waals surface area contributed by atoms with Crippen LogP contribution in [0.1, 0.15) is 9.67 Å². The lowest BCUT2D eigenvalue weighted by molar-refractivity contribution is 0.112. The van der Waals surface area contributed by atoms with Crippen LogP contribution < -0.4 is 0 Å². The number of aldehydes is 1. The van der Waals surface area contributed by atoms with E-state index in [1.165, 1.54) is 11.3 Å². The Hall–Kier alpha value is -0.930. The van der Waals surface area contributed by atoms with Crippen molar-refractivity contribution in [2.24, 2.45) is 0 Å². The van der Waals surface area contributed by atoms with Gasteiger partial charge in [0, 0.05) is 17.8 Å². The maximum absolute atomic E-state index is 10.4. The summed E-state index contributed by atoms with van der Waals surface area (Å²) in [5.74, 6) is 0. The van der Waals surface area contributed by atoms with Gasteiger partial charge in [-0.05, 0) is 6.07 Å². The molecule has 0 N–H and O–H groups in total. The summed E-state index contributed by atoms with van der Waals surface area (Å²) in [5.41, 5.74) is 0. The summed E-state index contributed by atoms with van der Waals surface area (Å²) in [6, 6.07) is 1.77. The fourth-order valence-electron chi connectivity index (χ4n) is 1.01. The van der Waals surface area contributed by atoms with E-state index in [0.29, 0.717) is 9.90 Å². The maximum Gasteiger partial charge on any atom is 0.160 e. The van der Waals surface area contributed by atoms with Gasteiger partial charge < -0.3 is 0 Å². The van der Waals surface area contributed by atoms with Crippen molar-refractivity contribution in [2.45, 2.75) is 0 Å². The first-order valence-corrected chi connectivity index (χ1v) is 4.49. The highest BCUT2D eigenvalue weighted by Crippen LogP contribution is 2.28. The monoisotopic (exact) mass is 197 g/mol. The lowest BCUT2D eigenvalue weighted by atomic mass is 10.3. The molecule has 0 fully saturated rings. The Kier molecular flexibility index (Phi) is 1.83. The molecule has 0 spiro atoms. The van der Waals surface area contributed by atoms with E-state index in [4.69, 9.17) is 11.6 Å². The highest BCUT2D eigenvalue weighted by molar-refractivity contribution is 7.20. The molecular formula is C8H4ClNOS. The van der Waals surface area contributed by atoms with Crippen LogP contribution in [0.25, 0.3) is 10.1 Å². The molecule has 12 heavy (non-hydrogen) atoms. The number of halogens is 1. The first-order chi connectivity index (χ1) is 5.81. The minimum atomic E-state index is 0.594. The second-order valence-corrected chi connectivity index (χ2v) is 3.82. The molecule has 0 saturated heterocycles. The highest BCUT2D eigenvalue weighted by Gasteiger charge is 2.03. The van der Waals surface area contributed by atoms with Gasteiger partial charge >= 0.3 is 0 Å². The van der Waals surface area contributed by atoms with Crippen molar-refractivity contribution < 1.29 is 4.79 Å². The van der Waals surface area contributed by atoms with Crippen molar-refractivity contribution in [1.29, 1.82) is 0 Å². The topological polar surface area (TPSA) is 30.0 Å². The van der Waals surface area contributed by atoms with Crippen LogP contribution in [0, 0.1) is 0 Å². The summed E-state index contributed by atoms with van der Waals surface area (Å²) in [6.45, 7) is 0. The van der Waals surface area contributed by atoms with E-state index >= 15 is 0 Å². The Balaban J connectivity index is 2.82. The Morgan fingerprint density at radius 1 is 1.50 bits per heavy atom. The standard InChI is InChI=1S/C8H4ClNOS/c9-7-2-10-3-8-6(7)1-5(4-11)12-8/h1-4H. The van der Waals surface area contributed by atoms with E-state index in [9.17, 15) is 4.79 Å². The molecule has 0 aliphatic heterocycles. The first kappa shape index (κ1) is 7.71. The molecule has 2 nitrogen and oxygen atoms in total. The van der Waals surface area contributed by atoms with Crippen LogP contribution in [0.15, 0.2) is 18.5 Å². The van der Waals surface area contributed by atoms with Gasteiger partial charge in [0.1, 0.15) is 0 Å². The fourth-order valence-corrected chi connectivity index (χ4v) is 2.15. The fraction of sp³-hybridized carbons (Fsp3) is 0. The van der Waals surface area contributed by atoms with E-state index < -0.39 is 0 Å². The molecule has 60 valence electrons. The van der Waals surface area contributed by atoms with E-state index in [0.717, 1.165) is 16.4 Å². The number of hydrogen-bond acceptors (Lipinski definition) is 3. The number of carbonyl (C=O) groups excluding carboxylic acids is 1. The second kappa shape index (κ2) is 2.84. The number of hydrogen-bond donors (Lipinski definition) is 0. The van der Waals surface area contributed by atoms with E-state index in [1.807, 2.05) is 0 Å². The zero-order chi connectivity index (χ0) is 8.55. The molecule has 2 aromatic heterocycles. The SMILES string of the molecule is O=Cc1cc2c(Cl)cncc2s1. The summed E-state index contributed by atoms with van der Waals surface area (Å²) in [6.07, 6.45) is 4.10. The lowest BCUT2D eigenvalue weighted by Crippen LogP contribution is -1.69. The third-order valence-electron chi connectivity index (χ3n) is 1.53. The average molecular weight is 198 g/mol. The summed E-state index contributed by atoms with van der Waals surface area (Å²) < 4.78 is 0.949. The molecule has 0 aromatic carbocycles. The van der Waals surface area contributed by atoms with Crippen molar-refractivity contribution in [1.82, 2.24) is 4.98 Å². The molecule has 0 saturated carbocycles. The average Bonchev–Trinajstić information content (AvgIpc) is 2.49. The van der Waals surface area contributed by atoms with Crippen LogP contribution in [0.2, 0.25) is 5.02 Å². The van der Waals surface area contributed by atoms with Crippen molar-refractivity contribution in [3.05, 3.63) is 28.4 Å². The van der Waals surface area contributed by atoms with Crippen LogP contribution >= 0.6 is 22.9 Å². The molecule has 0 amide bonds. The minimum Gasteiger partial charge on any atom is -0.297 e. The predicted octanol–water partition coefficient (Wildman–Crippen LogP) is 2.76. The Bertz CT molecular complexity index is 438. The number of pyridine rings is 1. The van der Waals surface area contributed by atoms with Crippen LogP contribution in [0.5, 0.6) is 0 Å². The Morgan fingerprint density at radius 2 is 2.33 bits per heavy atom. The molecule has 4 heteroatoms. The molecule has 2 heterocycles. The Labute approximate surface area is 77.8 Å². The van der Waals surface area contributed by atoms with Crippen LogP contribution in [0.3, 0.4) is 0 Å². The number of thiophene rings is 1. The highest BCUT2D eigenvalue weighted by atomic mass is 35.5. The normalized spacial score (nSPS) is 10.4. The maximum atomic E-state index is 10.4. The van der Waals surface area contributed by atoms with Gasteiger partial charge in [0.25, 0.3) is 0 Å². The molecule has 2 rings (SSSR count). The minimum absolute atomic E-state index is 0.594. The van der Waals surface area contributed by atoms with Crippen molar-refractivity contribution >= 4 is 39.3 Å². The number of aromatic nitrogens is 1. The van der Waals surface area contributed by atoms with Gasteiger partial charge in [0.2, 0.25) is 0 Å². The third-order valence-corrected chi connectivity index (χ3v) is 2.83. The van der Waals surface area contributed by atoms with Gasteiger partial charge in [-0.3, -0.25) is 9.78 Å². The van der Waals surface area contributed by atoms with Gasteiger partial charge in [-0.15, -0.1) is 11.3 Å².